The molecule has 1 rings (SSSR count). The summed E-state index contributed by atoms with van der Waals surface area (Å²) in [7, 11) is 1.70. The van der Waals surface area contributed by atoms with Gasteiger partial charge < -0.3 is 10.1 Å². The van der Waals surface area contributed by atoms with Gasteiger partial charge in [-0.05, 0) is 25.9 Å². The second-order valence-corrected chi connectivity index (χ2v) is 6.06. The van der Waals surface area contributed by atoms with Gasteiger partial charge in [-0.25, -0.2) is 0 Å². The van der Waals surface area contributed by atoms with Crippen molar-refractivity contribution in [1.29, 1.82) is 0 Å². The van der Waals surface area contributed by atoms with E-state index in [-0.39, 0.29) is 11.3 Å². The van der Waals surface area contributed by atoms with E-state index < -0.39 is 0 Å². The van der Waals surface area contributed by atoms with E-state index in [4.69, 9.17) is 4.74 Å². The van der Waals surface area contributed by atoms with Gasteiger partial charge in [0.15, 0.2) is 0 Å². The number of likely N-dealkylation sites (tertiary alicyclic amines) is 1. The third kappa shape index (κ3) is 6.36. The zero-order valence-electron chi connectivity index (χ0n) is 12.1. The van der Waals surface area contributed by atoms with E-state index in [1.165, 1.54) is 25.7 Å². The Balaban J connectivity index is 2.24. The fourth-order valence-electron chi connectivity index (χ4n) is 2.33. The van der Waals surface area contributed by atoms with Gasteiger partial charge in [-0.2, -0.15) is 0 Å². The molecule has 1 aliphatic rings. The first-order chi connectivity index (χ1) is 8.53. The largest absolute Gasteiger partial charge is 0.384 e. The zero-order chi connectivity index (χ0) is 13.4. The van der Waals surface area contributed by atoms with Gasteiger partial charge in [-0.3, -0.25) is 9.69 Å². The molecule has 1 heterocycles. The lowest BCUT2D eigenvalue weighted by Gasteiger charge is -2.25. The highest BCUT2D eigenvalue weighted by molar-refractivity contribution is 5.78. The molecule has 0 aliphatic carbocycles. The Labute approximate surface area is 111 Å². The van der Waals surface area contributed by atoms with Crippen molar-refractivity contribution in [1.82, 2.24) is 10.2 Å². The summed E-state index contributed by atoms with van der Waals surface area (Å²) in [5.41, 5.74) is 0.00317. The van der Waals surface area contributed by atoms with Crippen LogP contribution < -0.4 is 5.32 Å². The van der Waals surface area contributed by atoms with Crippen LogP contribution in [0.2, 0.25) is 0 Å². The van der Waals surface area contributed by atoms with Gasteiger partial charge in [0.25, 0.3) is 0 Å². The Hall–Kier alpha value is -0.610. The molecule has 4 heteroatoms. The van der Waals surface area contributed by atoms with Crippen LogP contribution >= 0.6 is 0 Å². The molecule has 1 saturated heterocycles. The van der Waals surface area contributed by atoms with E-state index in [9.17, 15) is 4.79 Å². The third-order valence-electron chi connectivity index (χ3n) is 3.37. The summed E-state index contributed by atoms with van der Waals surface area (Å²) in [6.07, 6.45) is 5.06. The molecule has 0 unspecified atom stereocenters. The zero-order valence-corrected chi connectivity index (χ0v) is 12.1. The van der Waals surface area contributed by atoms with Gasteiger partial charge in [0.2, 0.25) is 5.91 Å². The first-order valence-electron chi connectivity index (χ1n) is 7.01. The predicted octanol–water partition coefficient (Wildman–Crippen LogP) is 1.65. The molecule has 0 spiro atoms. The smallest absolute Gasteiger partial charge is 0.234 e. The Morgan fingerprint density at radius 2 is 1.83 bits per heavy atom. The molecule has 0 aromatic carbocycles. The SMILES string of the molecule is COCC(C)(C)CNC(=O)CN1CCCCCC1. The van der Waals surface area contributed by atoms with Gasteiger partial charge in [0.1, 0.15) is 0 Å². The number of nitrogens with one attached hydrogen (secondary N) is 1. The van der Waals surface area contributed by atoms with Crippen LogP contribution in [-0.2, 0) is 9.53 Å². The molecule has 18 heavy (non-hydrogen) atoms. The van der Waals surface area contributed by atoms with Crippen LogP contribution in [0.4, 0.5) is 0 Å². The van der Waals surface area contributed by atoms with Crippen LogP contribution in [0, 0.1) is 5.41 Å². The summed E-state index contributed by atoms with van der Waals surface area (Å²) >= 11 is 0. The molecule has 0 bridgehead atoms. The monoisotopic (exact) mass is 256 g/mol. The quantitative estimate of drug-likeness (QED) is 0.785. The highest BCUT2D eigenvalue weighted by Gasteiger charge is 2.19. The molecule has 0 saturated carbocycles. The van der Waals surface area contributed by atoms with Crippen molar-refractivity contribution < 1.29 is 9.53 Å². The van der Waals surface area contributed by atoms with E-state index in [0.717, 1.165) is 13.1 Å². The van der Waals surface area contributed by atoms with Gasteiger partial charge in [-0.1, -0.05) is 26.7 Å². The molecule has 0 aromatic heterocycles. The van der Waals surface area contributed by atoms with E-state index in [0.29, 0.717) is 19.7 Å². The maximum absolute atomic E-state index is 11.9. The van der Waals surface area contributed by atoms with Crippen molar-refractivity contribution in [2.75, 3.05) is 39.9 Å². The Morgan fingerprint density at radius 3 is 2.39 bits per heavy atom. The van der Waals surface area contributed by atoms with E-state index in [1.54, 1.807) is 7.11 Å². The van der Waals surface area contributed by atoms with E-state index >= 15 is 0 Å². The number of hydrogen-bond donors (Lipinski definition) is 1. The predicted molar refractivity (Wildman–Crippen MR) is 73.6 cm³/mol. The minimum absolute atomic E-state index is 0.00317. The topological polar surface area (TPSA) is 41.6 Å². The Morgan fingerprint density at radius 1 is 1.22 bits per heavy atom. The standard InChI is InChI=1S/C14H28N2O2/c1-14(2,12-18-3)11-15-13(17)10-16-8-6-4-5-7-9-16/h4-12H2,1-3H3,(H,15,17). The molecule has 1 aliphatic heterocycles. The summed E-state index contributed by atoms with van der Waals surface area (Å²) in [4.78, 5) is 14.2. The average Bonchev–Trinajstić information content (AvgIpc) is 2.55. The Bertz CT molecular complexity index is 246. The first-order valence-corrected chi connectivity index (χ1v) is 7.01. The number of rotatable bonds is 6. The van der Waals surface area contributed by atoms with Crippen LogP contribution in [-0.4, -0.2) is 50.7 Å². The Kier molecular flexibility index (Phi) is 6.65. The van der Waals surface area contributed by atoms with Crippen LogP contribution in [0.1, 0.15) is 39.5 Å². The number of ether oxygens (including phenoxy) is 1. The van der Waals surface area contributed by atoms with E-state index in [1.807, 2.05) is 0 Å². The number of amides is 1. The number of carbonyl (C=O) groups excluding carboxylic acids is 1. The summed E-state index contributed by atoms with van der Waals surface area (Å²) in [5.74, 6) is 0.140. The minimum atomic E-state index is 0.00317. The average molecular weight is 256 g/mol. The van der Waals surface area contributed by atoms with Crippen molar-refractivity contribution in [3.05, 3.63) is 0 Å². The minimum Gasteiger partial charge on any atom is -0.384 e. The molecule has 0 aromatic rings. The van der Waals surface area contributed by atoms with Crippen molar-refractivity contribution in [3.63, 3.8) is 0 Å². The van der Waals surface area contributed by atoms with Crippen molar-refractivity contribution in [2.24, 2.45) is 5.41 Å². The normalized spacial score (nSPS) is 18.4. The van der Waals surface area contributed by atoms with Crippen LogP contribution in [0.5, 0.6) is 0 Å². The maximum atomic E-state index is 11.9. The van der Waals surface area contributed by atoms with Crippen LogP contribution in [0.3, 0.4) is 0 Å². The van der Waals surface area contributed by atoms with Gasteiger partial charge in [0.05, 0.1) is 13.2 Å². The van der Waals surface area contributed by atoms with Crippen molar-refractivity contribution >= 4 is 5.91 Å². The van der Waals surface area contributed by atoms with E-state index in [2.05, 4.69) is 24.1 Å². The maximum Gasteiger partial charge on any atom is 0.234 e. The molecule has 0 atom stereocenters. The van der Waals surface area contributed by atoms with Gasteiger partial charge >= 0.3 is 0 Å². The number of hydrogen-bond acceptors (Lipinski definition) is 3. The van der Waals surface area contributed by atoms with Gasteiger partial charge in [0, 0.05) is 19.1 Å². The van der Waals surface area contributed by atoms with Crippen LogP contribution in [0.15, 0.2) is 0 Å². The molecule has 0 radical (unpaired) electrons. The fraction of sp³-hybridized carbons (Fsp3) is 0.929. The number of nitrogens with zero attached hydrogens (tertiary/aromatic N) is 1. The highest BCUT2D eigenvalue weighted by atomic mass is 16.5. The second-order valence-electron chi connectivity index (χ2n) is 6.06. The van der Waals surface area contributed by atoms with Crippen molar-refractivity contribution in [3.8, 4) is 0 Å². The number of carbonyl (C=O) groups is 1. The lowest BCUT2D eigenvalue weighted by Crippen LogP contribution is -2.42. The fourth-order valence-corrected chi connectivity index (χ4v) is 2.33. The molecular formula is C14H28N2O2. The molecule has 1 fully saturated rings. The summed E-state index contributed by atoms with van der Waals surface area (Å²) in [5, 5.41) is 3.01. The molecule has 106 valence electrons. The lowest BCUT2D eigenvalue weighted by atomic mass is 9.95. The summed E-state index contributed by atoms with van der Waals surface area (Å²) < 4.78 is 5.14. The molecule has 1 amide bonds. The second kappa shape index (κ2) is 7.74. The molecular weight excluding hydrogens is 228 g/mol. The first kappa shape index (κ1) is 15.4. The molecule has 4 nitrogen and oxygen atoms in total. The number of methoxy groups -OCH3 is 1. The van der Waals surface area contributed by atoms with Crippen molar-refractivity contribution in [2.45, 2.75) is 39.5 Å². The lowest BCUT2D eigenvalue weighted by molar-refractivity contribution is -0.122. The highest BCUT2D eigenvalue weighted by Crippen LogP contribution is 2.13. The van der Waals surface area contributed by atoms with Gasteiger partial charge in [-0.15, -0.1) is 0 Å². The summed E-state index contributed by atoms with van der Waals surface area (Å²) in [6.45, 7) is 8.21. The summed E-state index contributed by atoms with van der Waals surface area (Å²) in [6, 6.07) is 0. The third-order valence-corrected chi connectivity index (χ3v) is 3.37. The molecule has 1 N–H and O–H groups in total. The van der Waals surface area contributed by atoms with Crippen LogP contribution in [0.25, 0.3) is 0 Å².